The third kappa shape index (κ3) is 3.80. The molecule has 0 spiro atoms. The molecule has 1 unspecified atom stereocenters. The Bertz CT molecular complexity index is 735. The molecule has 6 heteroatoms. The minimum Gasteiger partial charge on any atom is -0.305 e. The van der Waals surface area contributed by atoms with E-state index < -0.39 is 9.84 Å². The lowest BCUT2D eigenvalue weighted by Gasteiger charge is -2.07. The first-order valence-electron chi connectivity index (χ1n) is 6.80. The Morgan fingerprint density at radius 2 is 2.05 bits per heavy atom. The Hall–Kier alpha value is -1.92. The van der Waals surface area contributed by atoms with Crippen molar-refractivity contribution in [1.82, 2.24) is 15.1 Å². The molecule has 0 fully saturated rings. The average Bonchev–Trinajstić information content (AvgIpc) is 3.04. The Labute approximate surface area is 124 Å². The van der Waals surface area contributed by atoms with E-state index in [1.165, 1.54) is 11.0 Å². The molecule has 3 rings (SSSR count). The molecule has 1 N–H and O–H groups in total. The van der Waals surface area contributed by atoms with Crippen LogP contribution in [-0.4, -0.2) is 30.0 Å². The van der Waals surface area contributed by atoms with Crippen molar-refractivity contribution in [2.45, 2.75) is 19.1 Å². The highest BCUT2D eigenvalue weighted by Gasteiger charge is 2.20. The smallest absolute Gasteiger partial charge is 0.173 e. The van der Waals surface area contributed by atoms with E-state index in [-0.39, 0.29) is 11.8 Å². The van der Waals surface area contributed by atoms with Gasteiger partial charge in [0.15, 0.2) is 9.84 Å². The third-order valence-electron chi connectivity index (χ3n) is 3.37. The lowest BCUT2D eigenvalue weighted by Crippen LogP contribution is -2.29. The van der Waals surface area contributed by atoms with E-state index in [1.54, 1.807) is 6.08 Å². The maximum atomic E-state index is 11.3. The fourth-order valence-corrected chi connectivity index (χ4v) is 3.58. The summed E-state index contributed by atoms with van der Waals surface area (Å²) in [7, 11) is -3.00. The molecule has 0 bridgehead atoms. The van der Waals surface area contributed by atoms with E-state index in [0.29, 0.717) is 6.54 Å². The summed E-state index contributed by atoms with van der Waals surface area (Å²) in [5.41, 5.74) is 2.24. The zero-order valence-corrected chi connectivity index (χ0v) is 12.3. The third-order valence-corrected chi connectivity index (χ3v) is 4.77. The topological polar surface area (TPSA) is 64.0 Å². The molecule has 21 heavy (non-hydrogen) atoms. The number of nitrogens with zero attached hydrogens (tertiary/aromatic N) is 2. The predicted molar refractivity (Wildman–Crippen MR) is 81.3 cm³/mol. The van der Waals surface area contributed by atoms with Gasteiger partial charge in [0, 0.05) is 29.8 Å². The van der Waals surface area contributed by atoms with Crippen molar-refractivity contribution in [1.29, 1.82) is 0 Å². The first kappa shape index (κ1) is 14.0. The quantitative estimate of drug-likeness (QED) is 0.905. The van der Waals surface area contributed by atoms with Crippen LogP contribution in [0.15, 0.2) is 54.2 Å². The molecule has 1 aromatic heterocycles. The lowest BCUT2D eigenvalue weighted by molar-refractivity contribution is 0.590. The number of sulfone groups is 1. The van der Waals surface area contributed by atoms with Crippen molar-refractivity contribution in [3.8, 4) is 0 Å². The van der Waals surface area contributed by atoms with E-state index in [0.717, 1.165) is 12.1 Å². The highest BCUT2D eigenvalue weighted by molar-refractivity contribution is 7.94. The van der Waals surface area contributed by atoms with Crippen LogP contribution in [-0.2, 0) is 22.9 Å². The van der Waals surface area contributed by atoms with Crippen molar-refractivity contribution in [2.75, 3.05) is 5.75 Å². The monoisotopic (exact) mass is 303 g/mol. The van der Waals surface area contributed by atoms with Gasteiger partial charge >= 0.3 is 0 Å². The predicted octanol–water partition coefficient (Wildman–Crippen LogP) is 1.33. The number of benzene rings is 1. The molecule has 2 heterocycles. The molecule has 110 valence electrons. The maximum absolute atomic E-state index is 11.3. The van der Waals surface area contributed by atoms with Crippen LogP contribution >= 0.6 is 0 Å². The fourth-order valence-electron chi connectivity index (χ4n) is 2.31. The van der Waals surface area contributed by atoms with Gasteiger partial charge in [-0.15, -0.1) is 0 Å². The van der Waals surface area contributed by atoms with Gasteiger partial charge in [0.1, 0.15) is 0 Å². The second kappa shape index (κ2) is 5.83. The van der Waals surface area contributed by atoms with Gasteiger partial charge in [-0.25, -0.2) is 8.42 Å². The summed E-state index contributed by atoms with van der Waals surface area (Å²) in [4.78, 5) is 0. The van der Waals surface area contributed by atoms with Gasteiger partial charge in [-0.3, -0.25) is 4.68 Å². The van der Waals surface area contributed by atoms with Crippen LogP contribution in [0, 0.1) is 0 Å². The molecule has 1 atom stereocenters. The van der Waals surface area contributed by atoms with Crippen molar-refractivity contribution >= 4 is 9.84 Å². The molecule has 0 saturated carbocycles. The number of rotatable bonds is 5. The maximum Gasteiger partial charge on any atom is 0.173 e. The summed E-state index contributed by atoms with van der Waals surface area (Å²) in [6.45, 7) is 1.35. The van der Waals surface area contributed by atoms with Gasteiger partial charge < -0.3 is 5.32 Å². The summed E-state index contributed by atoms with van der Waals surface area (Å²) in [6, 6.07) is 10.0. The minimum absolute atomic E-state index is 0.104. The molecular formula is C15H17N3O2S. The lowest BCUT2D eigenvalue weighted by atomic mass is 10.2. The van der Waals surface area contributed by atoms with Gasteiger partial charge in [0.2, 0.25) is 0 Å². The largest absolute Gasteiger partial charge is 0.305 e. The Balaban J connectivity index is 1.55. The molecule has 5 nitrogen and oxygen atoms in total. The first-order chi connectivity index (χ1) is 10.1. The molecular weight excluding hydrogens is 286 g/mol. The molecule has 0 amide bonds. The Morgan fingerprint density at radius 3 is 2.76 bits per heavy atom. The Kier molecular flexibility index (Phi) is 3.90. The minimum atomic E-state index is -3.00. The zero-order valence-electron chi connectivity index (χ0n) is 11.5. The average molecular weight is 303 g/mol. The summed E-state index contributed by atoms with van der Waals surface area (Å²) in [5, 5.41) is 8.82. The number of hydrogen-bond donors (Lipinski definition) is 1. The Morgan fingerprint density at radius 1 is 1.24 bits per heavy atom. The standard InChI is InChI=1S/C15H17N3O2S/c19-21(20)7-6-15(12-21)16-8-14-9-17-18(11-14)10-13-4-2-1-3-5-13/h1-7,9,11,15-16H,8,10,12H2. The highest BCUT2D eigenvalue weighted by atomic mass is 32.2. The molecule has 0 saturated heterocycles. The van der Waals surface area contributed by atoms with Gasteiger partial charge in [0.05, 0.1) is 18.5 Å². The van der Waals surface area contributed by atoms with Crippen LogP contribution in [0.3, 0.4) is 0 Å². The molecule has 2 aromatic rings. The normalized spacial score (nSPS) is 19.9. The van der Waals surface area contributed by atoms with Crippen molar-refractivity contribution in [3.05, 3.63) is 65.3 Å². The van der Waals surface area contributed by atoms with Gasteiger partial charge in [-0.2, -0.15) is 5.10 Å². The van der Waals surface area contributed by atoms with Crippen molar-refractivity contribution < 1.29 is 8.42 Å². The van der Waals surface area contributed by atoms with Crippen LogP contribution in [0.4, 0.5) is 0 Å². The zero-order chi connectivity index (χ0) is 14.7. The van der Waals surface area contributed by atoms with Crippen molar-refractivity contribution in [3.63, 3.8) is 0 Å². The van der Waals surface area contributed by atoms with Gasteiger partial charge in [-0.1, -0.05) is 36.4 Å². The molecule has 1 aromatic carbocycles. The number of hydrogen-bond acceptors (Lipinski definition) is 4. The molecule has 0 aliphatic carbocycles. The van der Waals surface area contributed by atoms with Crippen LogP contribution < -0.4 is 5.32 Å². The van der Waals surface area contributed by atoms with Crippen LogP contribution in [0.1, 0.15) is 11.1 Å². The first-order valence-corrected chi connectivity index (χ1v) is 8.52. The van der Waals surface area contributed by atoms with E-state index in [9.17, 15) is 8.42 Å². The summed E-state index contributed by atoms with van der Waals surface area (Å²) in [5.74, 6) is 0.144. The summed E-state index contributed by atoms with van der Waals surface area (Å²) < 4.78 is 24.5. The van der Waals surface area contributed by atoms with E-state index in [4.69, 9.17) is 0 Å². The number of nitrogens with one attached hydrogen (secondary N) is 1. The second-order valence-electron chi connectivity index (χ2n) is 5.18. The van der Waals surface area contributed by atoms with E-state index in [1.807, 2.05) is 35.3 Å². The van der Waals surface area contributed by atoms with Crippen LogP contribution in [0.2, 0.25) is 0 Å². The summed E-state index contributed by atoms with van der Waals surface area (Å²) >= 11 is 0. The molecule has 1 aliphatic rings. The fraction of sp³-hybridized carbons (Fsp3) is 0.267. The van der Waals surface area contributed by atoms with Gasteiger partial charge in [0.25, 0.3) is 0 Å². The molecule has 1 aliphatic heterocycles. The van der Waals surface area contributed by atoms with Gasteiger partial charge in [-0.05, 0) is 5.56 Å². The second-order valence-corrected chi connectivity index (χ2v) is 7.11. The molecule has 0 radical (unpaired) electrons. The number of aromatic nitrogens is 2. The van der Waals surface area contributed by atoms with E-state index in [2.05, 4.69) is 22.5 Å². The van der Waals surface area contributed by atoms with Crippen LogP contribution in [0.25, 0.3) is 0 Å². The van der Waals surface area contributed by atoms with Crippen LogP contribution in [0.5, 0.6) is 0 Å². The SMILES string of the molecule is O=S1(=O)C=CC(NCc2cnn(Cc3ccccc3)c2)C1. The van der Waals surface area contributed by atoms with E-state index >= 15 is 0 Å². The highest BCUT2D eigenvalue weighted by Crippen LogP contribution is 2.09. The van der Waals surface area contributed by atoms with Crippen molar-refractivity contribution in [2.24, 2.45) is 0 Å². The summed E-state index contributed by atoms with van der Waals surface area (Å²) in [6.07, 6.45) is 5.49.